The number of amides is 1. The summed E-state index contributed by atoms with van der Waals surface area (Å²) in [6.45, 7) is 0.364. The van der Waals surface area contributed by atoms with Gasteiger partial charge in [-0.1, -0.05) is 11.3 Å². The molecule has 7 heteroatoms. The summed E-state index contributed by atoms with van der Waals surface area (Å²) in [5, 5.41) is 2.87. The lowest BCUT2D eigenvalue weighted by Crippen LogP contribution is -2.22. The standard InChI is InChI=1S/C22H17N3O3S/c1-27-16-7-4-14(5-8-16)18-13-25-19-9-6-15(11-20(19)29-22(25)24-18)21(26)23-12-17-3-2-10-28-17/h2-11,13H,12H2,1H3,(H,23,26). The minimum atomic E-state index is -0.131. The van der Waals surface area contributed by atoms with Crippen molar-refractivity contribution in [3.8, 4) is 17.0 Å². The Morgan fingerprint density at radius 1 is 1.21 bits per heavy atom. The van der Waals surface area contributed by atoms with E-state index in [9.17, 15) is 4.79 Å². The molecule has 0 radical (unpaired) electrons. The monoisotopic (exact) mass is 403 g/mol. The highest BCUT2D eigenvalue weighted by Gasteiger charge is 2.13. The predicted octanol–water partition coefficient (Wildman–Crippen LogP) is 4.75. The van der Waals surface area contributed by atoms with E-state index in [0.29, 0.717) is 12.1 Å². The van der Waals surface area contributed by atoms with Gasteiger partial charge in [-0.3, -0.25) is 9.20 Å². The smallest absolute Gasteiger partial charge is 0.251 e. The second-order valence-electron chi connectivity index (χ2n) is 6.55. The number of ether oxygens (including phenoxy) is 1. The zero-order valence-electron chi connectivity index (χ0n) is 15.6. The first-order valence-corrected chi connectivity index (χ1v) is 9.89. The van der Waals surface area contributed by atoms with Crippen LogP contribution in [0.15, 0.2) is 71.5 Å². The van der Waals surface area contributed by atoms with Crippen LogP contribution in [-0.4, -0.2) is 22.4 Å². The highest BCUT2D eigenvalue weighted by molar-refractivity contribution is 7.23. The van der Waals surface area contributed by atoms with Crippen molar-refractivity contribution >= 4 is 32.4 Å². The van der Waals surface area contributed by atoms with Crippen LogP contribution >= 0.6 is 11.3 Å². The Bertz CT molecular complexity index is 1300. The van der Waals surface area contributed by atoms with Gasteiger partial charge in [0, 0.05) is 17.3 Å². The summed E-state index contributed by atoms with van der Waals surface area (Å²) in [4.78, 5) is 18.1. The summed E-state index contributed by atoms with van der Waals surface area (Å²) < 4.78 is 13.5. The lowest BCUT2D eigenvalue weighted by atomic mass is 10.1. The number of hydrogen-bond acceptors (Lipinski definition) is 5. The van der Waals surface area contributed by atoms with Crippen LogP contribution in [0.4, 0.5) is 0 Å². The molecule has 0 atom stereocenters. The number of furan rings is 1. The maximum Gasteiger partial charge on any atom is 0.251 e. The van der Waals surface area contributed by atoms with Gasteiger partial charge >= 0.3 is 0 Å². The second kappa shape index (κ2) is 7.10. The molecule has 0 aliphatic heterocycles. The van der Waals surface area contributed by atoms with Gasteiger partial charge in [0.2, 0.25) is 0 Å². The summed E-state index contributed by atoms with van der Waals surface area (Å²) in [5.74, 6) is 1.41. The molecule has 1 amide bonds. The molecule has 3 heterocycles. The number of thiazole rings is 1. The highest BCUT2D eigenvalue weighted by Crippen LogP contribution is 2.30. The molecule has 0 aliphatic rings. The van der Waals surface area contributed by atoms with Crippen LogP contribution in [0.5, 0.6) is 5.75 Å². The van der Waals surface area contributed by atoms with Crippen LogP contribution in [0, 0.1) is 0 Å². The molecule has 0 unspecified atom stereocenters. The molecule has 0 saturated heterocycles. The van der Waals surface area contributed by atoms with E-state index < -0.39 is 0 Å². The Balaban J connectivity index is 1.42. The number of rotatable bonds is 5. The number of fused-ring (bicyclic) bond motifs is 3. The third-order valence-electron chi connectivity index (χ3n) is 4.75. The largest absolute Gasteiger partial charge is 0.497 e. The zero-order chi connectivity index (χ0) is 19.8. The van der Waals surface area contributed by atoms with Gasteiger partial charge in [-0.25, -0.2) is 4.98 Å². The van der Waals surface area contributed by atoms with Crippen molar-refractivity contribution in [2.75, 3.05) is 7.11 Å². The van der Waals surface area contributed by atoms with E-state index in [-0.39, 0.29) is 5.91 Å². The third-order valence-corrected chi connectivity index (χ3v) is 5.76. The average molecular weight is 403 g/mol. The van der Waals surface area contributed by atoms with Crippen LogP contribution in [0.1, 0.15) is 16.1 Å². The van der Waals surface area contributed by atoms with Crippen LogP contribution in [0.25, 0.3) is 26.4 Å². The van der Waals surface area contributed by atoms with E-state index in [0.717, 1.165) is 37.9 Å². The number of methoxy groups -OCH3 is 1. The van der Waals surface area contributed by atoms with E-state index in [2.05, 4.69) is 9.72 Å². The quantitative estimate of drug-likeness (QED) is 0.460. The number of benzene rings is 2. The lowest BCUT2D eigenvalue weighted by molar-refractivity contribution is 0.0948. The molecule has 0 aliphatic carbocycles. The molecule has 5 rings (SSSR count). The van der Waals surface area contributed by atoms with Gasteiger partial charge in [0.15, 0.2) is 4.96 Å². The fourth-order valence-electron chi connectivity index (χ4n) is 3.23. The number of carbonyl (C=O) groups is 1. The average Bonchev–Trinajstić information content (AvgIpc) is 3.48. The van der Waals surface area contributed by atoms with Gasteiger partial charge in [0.1, 0.15) is 11.5 Å². The van der Waals surface area contributed by atoms with Crippen molar-refractivity contribution < 1.29 is 13.9 Å². The highest BCUT2D eigenvalue weighted by atomic mass is 32.1. The van der Waals surface area contributed by atoms with Gasteiger partial charge in [-0.05, 0) is 54.6 Å². The molecule has 0 saturated carbocycles. The minimum Gasteiger partial charge on any atom is -0.497 e. The lowest BCUT2D eigenvalue weighted by Gasteiger charge is -2.03. The maximum absolute atomic E-state index is 12.4. The summed E-state index contributed by atoms with van der Waals surface area (Å²) in [6, 6.07) is 17.2. The molecular weight excluding hydrogens is 386 g/mol. The Hall–Kier alpha value is -3.58. The fraction of sp³-hybridized carbons (Fsp3) is 0.0909. The molecular formula is C22H17N3O3S. The van der Waals surface area contributed by atoms with Crippen LogP contribution in [-0.2, 0) is 6.54 Å². The van der Waals surface area contributed by atoms with E-state index in [4.69, 9.17) is 14.1 Å². The second-order valence-corrected chi connectivity index (χ2v) is 7.56. The van der Waals surface area contributed by atoms with E-state index >= 15 is 0 Å². The van der Waals surface area contributed by atoms with Crippen molar-refractivity contribution in [1.82, 2.24) is 14.7 Å². The van der Waals surface area contributed by atoms with Gasteiger partial charge in [0.25, 0.3) is 5.91 Å². The molecule has 3 aromatic heterocycles. The number of carbonyl (C=O) groups excluding carboxylic acids is 1. The van der Waals surface area contributed by atoms with E-state index in [1.165, 1.54) is 0 Å². The Kier molecular flexibility index (Phi) is 4.29. The Morgan fingerprint density at radius 2 is 2.07 bits per heavy atom. The summed E-state index contributed by atoms with van der Waals surface area (Å²) in [7, 11) is 1.65. The predicted molar refractivity (Wildman–Crippen MR) is 112 cm³/mol. The van der Waals surface area contributed by atoms with E-state index in [1.807, 2.05) is 54.7 Å². The fourth-order valence-corrected chi connectivity index (χ4v) is 4.27. The van der Waals surface area contributed by atoms with Crippen molar-refractivity contribution in [3.63, 3.8) is 0 Å². The molecule has 5 aromatic rings. The van der Waals surface area contributed by atoms with Crippen LogP contribution in [0.3, 0.4) is 0 Å². The summed E-state index contributed by atoms with van der Waals surface area (Å²) >= 11 is 1.56. The summed E-state index contributed by atoms with van der Waals surface area (Å²) in [6.07, 6.45) is 3.61. The first-order chi connectivity index (χ1) is 14.2. The number of nitrogens with zero attached hydrogens (tertiary/aromatic N) is 2. The van der Waals surface area contributed by atoms with Gasteiger partial charge in [-0.15, -0.1) is 0 Å². The molecule has 1 N–H and O–H groups in total. The normalized spacial score (nSPS) is 11.2. The number of nitrogens with one attached hydrogen (secondary N) is 1. The zero-order valence-corrected chi connectivity index (χ0v) is 16.4. The van der Waals surface area contributed by atoms with Gasteiger partial charge in [-0.2, -0.15) is 0 Å². The van der Waals surface area contributed by atoms with E-state index in [1.54, 1.807) is 30.8 Å². The molecule has 2 aromatic carbocycles. The van der Waals surface area contributed by atoms with Crippen LogP contribution in [0.2, 0.25) is 0 Å². The molecule has 0 fully saturated rings. The minimum absolute atomic E-state index is 0.131. The number of imidazole rings is 1. The first kappa shape index (κ1) is 17.5. The number of aromatic nitrogens is 2. The molecule has 0 spiro atoms. The van der Waals surface area contributed by atoms with Crippen LogP contribution < -0.4 is 10.1 Å². The number of hydrogen-bond donors (Lipinski definition) is 1. The summed E-state index contributed by atoms with van der Waals surface area (Å²) in [5.41, 5.74) is 3.58. The molecule has 0 bridgehead atoms. The maximum atomic E-state index is 12.4. The molecule has 144 valence electrons. The SMILES string of the molecule is COc1ccc(-c2cn3c(n2)sc2cc(C(=O)NCc4ccco4)ccc23)cc1. The molecule has 6 nitrogen and oxygen atoms in total. The first-order valence-electron chi connectivity index (χ1n) is 9.08. The van der Waals surface area contributed by atoms with Crippen molar-refractivity contribution in [2.45, 2.75) is 6.54 Å². The van der Waals surface area contributed by atoms with Gasteiger partial charge < -0.3 is 14.5 Å². The Labute approximate surface area is 170 Å². The van der Waals surface area contributed by atoms with Crippen molar-refractivity contribution in [2.24, 2.45) is 0 Å². The van der Waals surface area contributed by atoms with Crippen molar-refractivity contribution in [3.05, 3.63) is 78.4 Å². The van der Waals surface area contributed by atoms with Crippen molar-refractivity contribution in [1.29, 1.82) is 0 Å². The Morgan fingerprint density at radius 3 is 2.83 bits per heavy atom. The van der Waals surface area contributed by atoms with Gasteiger partial charge in [0.05, 0.1) is 35.8 Å². The topological polar surface area (TPSA) is 68.8 Å². The third kappa shape index (κ3) is 3.25. The molecule has 29 heavy (non-hydrogen) atoms.